The summed E-state index contributed by atoms with van der Waals surface area (Å²) in [6.07, 6.45) is 5.21. The molecule has 0 aromatic heterocycles. The van der Waals surface area contributed by atoms with Gasteiger partial charge in [-0.05, 0) is 99.9 Å². The van der Waals surface area contributed by atoms with Crippen LogP contribution in [0.15, 0.2) is 121 Å². The predicted molar refractivity (Wildman–Crippen MR) is 228 cm³/mol. The monoisotopic (exact) mass is 960 g/mol. The van der Waals surface area contributed by atoms with E-state index in [1.165, 1.54) is 6.42 Å². The van der Waals surface area contributed by atoms with Gasteiger partial charge >= 0.3 is 39.8 Å². The summed E-state index contributed by atoms with van der Waals surface area (Å²) in [5, 5.41) is 1.06. The zero-order chi connectivity index (χ0) is 42.1. The second kappa shape index (κ2) is 34.3. The van der Waals surface area contributed by atoms with E-state index in [1.54, 1.807) is 0 Å². The Bertz CT molecular complexity index is 1700. The maximum absolute atomic E-state index is 12.1. The SMILES string of the molecule is BrCCCCOc1ccccc1.O=S(=O)(Cl)CCCCOc1ccccc1.O=S(=O)(F)CCCCOc1ccccc1.O=S(=O)([O-])CCCCOc1ccccc1.[Na+]. The average molecular weight is 962 g/mol. The zero-order valence-corrected chi connectivity index (χ0v) is 39.5. The van der Waals surface area contributed by atoms with Gasteiger partial charge in [0, 0.05) is 21.8 Å². The fraction of sp³-hybridized carbons (Fsp3) is 0.400. The smallest absolute Gasteiger partial charge is 0.748 e. The van der Waals surface area contributed by atoms with Crippen LogP contribution >= 0.6 is 26.6 Å². The third-order valence-corrected chi connectivity index (χ3v) is 10.3. The number of rotatable bonds is 23. The Balaban J connectivity index is 0.000000745. The zero-order valence-electron chi connectivity index (χ0n) is 32.7. The van der Waals surface area contributed by atoms with Crippen molar-refractivity contribution in [2.75, 3.05) is 49.0 Å². The minimum Gasteiger partial charge on any atom is -0.748 e. The summed E-state index contributed by atoms with van der Waals surface area (Å²) in [5.74, 6) is 2.52. The van der Waals surface area contributed by atoms with Crippen LogP contribution in [0.1, 0.15) is 51.4 Å². The first-order valence-corrected chi connectivity index (χ1v) is 25.0. The number of alkyl halides is 1. The fourth-order valence-corrected chi connectivity index (χ4v) is 6.54. The molecule has 11 nitrogen and oxygen atoms in total. The van der Waals surface area contributed by atoms with Gasteiger partial charge in [-0.25, -0.2) is 16.8 Å². The van der Waals surface area contributed by atoms with E-state index in [-0.39, 0.29) is 47.5 Å². The van der Waals surface area contributed by atoms with Crippen molar-refractivity contribution in [1.29, 1.82) is 0 Å². The van der Waals surface area contributed by atoms with Crippen LogP contribution in [0.4, 0.5) is 3.89 Å². The molecular weight excluding hydrogens is 910 g/mol. The molecule has 0 heterocycles. The van der Waals surface area contributed by atoms with E-state index in [2.05, 4.69) is 15.9 Å². The van der Waals surface area contributed by atoms with Gasteiger partial charge in [-0.2, -0.15) is 8.42 Å². The van der Waals surface area contributed by atoms with Gasteiger partial charge in [0.2, 0.25) is 9.05 Å². The van der Waals surface area contributed by atoms with Crippen molar-refractivity contribution in [2.45, 2.75) is 51.4 Å². The molecule has 58 heavy (non-hydrogen) atoms. The van der Waals surface area contributed by atoms with Gasteiger partial charge in [0.05, 0.1) is 48.1 Å². The van der Waals surface area contributed by atoms with E-state index in [4.69, 9.17) is 29.6 Å². The quantitative estimate of drug-likeness (QED) is 0.0274. The molecule has 0 fully saturated rings. The van der Waals surface area contributed by atoms with Crippen LogP contribution in [-0.4, -0.2) is 78.8 Å². The molecule has 4 rings (SSSR count). The van der Waals surface area contributed by atoms with E-state index in [0.29, 0.717) is 51.9 Å². The van der Waals surface area contributed by atoms with Crippen LogP contribution in [0, 0.1) is 0 Å². The van der Waals surface area contributed by atoms with Crippen LogP contribution in [-0.2, 0) is 29.4 Å². The first-order chi connectivity index (χ1) is 27.2. The maximum atomic E-state index is 12.1. The standard InChI is InChI=1S/C10H13BrO.C10H13ClO3S.C10H13FO3S.C10H14O4S.Na/c11-8-4-5-9-12-10-6-2-1-3-7-10;3*11-15(12,13)9-5-4-8-14-10-6-2-1-3-7-10;/h1-3,6-7H,4-5,8-9H2;2*1-3,6-7H,4-5,8-9H2;1-3,6-7H,4-5,8-9H2,(H,11,12,13);/q;;;;+1/p-1. The molecule has 0 aliphatic heterocycles. The molecule has 0 N–H and O–H groups in total. The third-order valence-electron chi connectivity index (χ3n) is 6.93. The van der Waals surface area contributed by atoms with E-state index >= 15 is 0 Å². The van der Waals surface area contributed by atoms with Crippen LogP contribution in [0.2, 0.25) is 0 Å². The molecule has 0 bridgehead atoms. The normalized spacial score (nSPS) is 10.8. The number of ether oxygens (including phenoxy) is 4. The first-order valence-electron chi connectivity index (χ1n) is 18.2. The second-order valence-corrected chi connectivity index (χ2v) is 18.6. The average Bonchev–Trinajstić information content (AvgIpc) is 3.17. The van der Waals surface area contributed by atoms with Gasteiger partial charge in [0.25, 0.3) is 0 Å². The number of unbranched alkanes of at least 4 members (excludes halogenated alkanes) is 4. The molecule has 0 saturated carbocycles. The molecule has 318 valence electrons. The molecule has 4 aromatic rings. The molecule has 4 aromatic carbocycles. The van der Waals surface area contributed by atoms with Crippen LogP contribution in [0.5, 0.6) is 23.0 Å². The predicted octanol–water partition coefficient (Wildman–Crippen LogP) is 6.19. The molecule has 0 atom stereocenters. The minimum absolute atomic E-state index is 0. The maximum Gasteiger partial charge on any atom is 1.00 e. The van der Waals surface area contributed by atoms with E-state index < -0.39 is 35.1 Å². The van der Waals surface area contributed by atoms with Gasteiger partial charge in [0.15, 0.2) is 0 Å². The van der Waals surface area contributed by atoms with Crippen molar-refractivity contribution in [3.63, 3.8) is 0 Å². The van der Waals surface area contributed by atoms with Crippen molar-refractivity contribution >= 4 is 56.0 Å². The molecule has 0 spiro atoms. The van der Waals surface area contributed by atoms with Gasteiger partial charge in [-0.1, -0.05) is 88.7 Å². The summed E-state index contributed by atoms with van der Waals surface area (Å²) in [6.45, 7) is 2.16. The fourth-order valence-electron chi connectivity index (χ4n) is 4.16. The Hall–Kier alpha value is -2.41. The minimum atomic E-state index is -4.32. The van der Waals surface area contributed by atoms with Gasteiger partial charge in [0.1, 0.15) is 23.0 Å². The van der Waals surface area contributed by atoms with Gasteiger partial charge in [-0.3, -0.25) is 0 Å². The largest absolute Gasteiger partial charge is 1.00 e. The molecule has 0 aliphatic carbocycles. The summed E-state index contributed by atoms with van der Waals surface area (Å²) in [4.78, 5) is 0. The van der Waals surface area contributed by atoms with Crippen LogP contribution < -0.4 is 48.5 Å². The number of benzene rings is 4. The van der Waals surface area contributed by atoms with Crippen molar-refractivity contribution in [2.24, 2.45) is 0 Å². The van der Waals surface area contributed by atoms with E-state index in [0.717, 1.165) is 41.4 Å². The first kappa shape index (κ1) is 55.6. The van der Waals surface area contributed by atoms with Crippen molar-refractivity contribution in [3.05, 3.63) is 121 Å². The van der Waals surface area contributed by atoms with Gasteiger partial charge in [-0.15, -0.1) is 3.89 Å². The van der Waals surface area contributed by atoms with Crippen molar-refractivity contribution < 1.29 is 82.2 Å². The van der Waals surface area contributed by atoms with Crippen molar-refractivity contribution in [3.8, 4) is 23.0 Å². The van der Waals surface area contributed by atoms with Crippen LogP contribution in [0.3, 0.4) is 0 Å². The number of hydrogen-bond acceptors (Lipinski definition) is 11. The molecule has 0 unspecified atom stereocenters. The Morgan fingerprint density at radius 3 is 1.00 bits per heavy atom. The van der Waals surface area contributed by atoms with Crippen molar-refractivity contribution in [1.82, 2.24) is 0 Å². The van der Waals surface area contributed by atoms with Crippen LogP contribution in [0.25, 0.3) is 0 Å². The Labute approximate surface area is 379 Å². The molecule has 0 amide bonds. The summed E-state index contributed by atoms with van der Waals surface area (Å²) in [5.41, 5.74) is 0. The third kappa shape index (κ3) is 37.8. The second-order valence-electron chi connectivity index (χ2n) is 11.9. The Morgan fingerprint density at radius 1 is 0.466 bits per heavy atom. The molecule has 18 heteroatoms. The topological polar surface area (TPSA) is 162 Å². The number of hydrogen-bond donors (Lipinski definition) is 0. The summed E-state index contributed by atoms with van der Waals surface area (Å²) >= 11 is 3.38. The summed E-state index contributed by atoms with van der Waals surface area (Å²) in [6, 6.07) is 37.8. The summed E-state index contributed by atoms with van der Waals surface area (Å²) < 4.78 is 106. The Morgan fingerprint density at radius 2 is 0.741 bits per heavy atom. The van der Waals surface area contributed by atoms with Gasteiger partial charge < -0.3 is 23.5 Å². The molecule has 0 radical (unpaired) electrons. The number of halogens is 3. The molecular formula is C40H52BrClFNaO11S3. The summed E-state index contributed by atoms with van der Waals surface area (Å²) in [7, 11) is -6.69. The Kier molecular flexibility index (Phi) is 32.9. The molecule has 0 saturated heterocycles. The number of para-hydroxylation sites is 4. The molecule has 0 aliphatic rings. The van der Waals surface area contributed by atoms with E-state index in [1.807, 2.05) is 121 Å². The van der Waals surface area contributed by atoms with E-state index in [9.17, 15) is 33.7 Å².